The Labute approximate surface area is 110 Å². The number of thiazole rings is 1. The van der Waals surface area contributed by atoms with E-state index < -0.39 is 0 Å². The molecule has 0 amide bonds. The van der Waals surface area contributed by atoms with E-state index >= 15 is 0 Å². The first kappa shape index (κ1) is 13.1. The average Bonchev–Trinajstić information content (AvgIpc) is 3.00. The Hall–Kier alpha value is -1.31. The predicted octanol–water partition coefficient (Wildman–Crippen LogP) is 1.87. The molecule has 0 aliphatic rings. The molecule has 6 nitrogen and oxygen atoms in total. The Morgan fingerprint density at radius 2 is 2.39 bits per heavy atom. The van der Waals surface area contributed by atoms with Crippen LogP contribution in [0.15, 0.2) is 16.1 Å². The minimum absolute atomic E-state index is 0.231. The van der Waals surface area contributed by atoms with Crippen LogP contribution in [0.3, 0.4) is 0 Å². The molecule has 2 rings (SSSR count). The van der Waals surface area contributed by atoms with Crippen LogP contribution in [-0.2, 0) is 17.9 Å². The zero-order chi connectivity index (χ0) is 13.0. The Balaban J connectivity index is 1.95. The van der Waals surface area contributed by atoms with Crippen LogP contribution < -0.4 is 0 Å². The van der Waals surface area contributed by atoms with Crippen molar-refractivity contribution in [1.29, 1.82) is 0 Å². The summed E-state index contributed by atoms with van der Waals surface area (Å²) in [6.45, 7) is 3.07. The highest BCUT2D eigenvalue weighted by Crippen LogP contribution is 2.21. The zero-order valence-corrected chi connectivity index (χ0v) is 11.5. The van der Waals surface area contributed by atoms with Crippen molar-refractivity contribution in [3.63, 3.8) is 0 Å². The van der Waals surface area contributed by atoms with Crippen LogP contribution in [0.1, 0.15) is 29.7 Å². The maximum atomic E-state index is 5.05. The molecule has 2 heterocycles. The molecule has 0 unspecified atom stereocenters. The average molecular weight is 268 g/mol. The molecule has 98 valence electrons. The number of hydrogen-bond donors (Lipinski definition) is 0. The highest BCUT2D eigenvalue weighted by molar-refractivity contribution is 7.09. The van der Waals surface area contributed by atoms with E-state index in [1.165, 1.54) is 0 Å². The lowest BCUT2D eigenvalue weighted by Gasteiger charge is -2.20. The fourth-order valence-corrected chi connectivity index (χ4v) is 2.29. The molecule has 7 heteroatoms. The van der Waals surface area contributed by atoms with Gasteiger partial charge in [-0.1, -0.05) is 5.16 Å². The van der Waals surface area contributed by atoms with Gasteiger partial charge in [0.15, 0.2) is 5.82 Å². The third kappa shape index (κ3) is 3.12. The molecule has 0 aliphatic heterocycles. The van der Waals surface area contributed by atoms with Crippen LogP contribution in [0.25, 0.3) is 0 Å². The van der Waals surface area contributed by atoms with Crippen molar-refractivity contribution in [1.82, 2.24) is 20.0 Å². The van der Waals surface area contributed by atoms with Crippen molar-refractivity contribution < 1.29 is 9.26 Å². The van der Waals surface area contributed by atoms with Gasteiger partial charge in [0.2, 0.25) is 0 Å². The number of nitrogens with zero attached hydrogens (tertiary/aromatic N) is 4. The normalized spacial score (nSPS) is 13.1. The summed E-state index contributed by atoms with van der Waals surface area (Å²) in [5.74, 6) is 1.16. The molecule has 0 spiro atoms. The smallest absolute Gasteiger partial charge is 0.252 e. The number of methoxy groups -OCH3 is 1. The molecule has 2 aromatic heterocycles. The van der Waals surface area contributed by atoms with Crippen molar-refractivity contribution in [2.75, 3.05) is 14.2 Å². The van der Waals surface area contributed by atoms with E-state index in [1.807, 2.05) is 18.6 Å². The lowest BCUT2D eigenvalue weighted by Crippen LogP contribution is -2.22. The zero-order valence-electron chi connectivity index (χ0n) is 10.7. The van der Waals surface area contributed by atoms with Gasteiger partial charge in [-0.3, -0.25) is 4.90 Å². The largest absolute Gasteiger partial charge is 0.375 e. The quantitative estimate of drug-likeness (QED) is 0.797. The number of ether oxygens (including phenoxy) is 1. The van der Waals surface area contributed by atoms with Gasteiger partial charge in [-0.25, -0.2) is 4.98 Å². The fraction of sp³-hybridized carbons (Fsp3) is 0.545. The molecule has 0 aromatic carbocycles. The lowest BCUT2D eigenvalue weighted by atomic mass is 10.3. The SMILES string of the molecule is COCc1nc(CN(C)[C@H](C)c2nccs2)no1. The first-order valence-electron chi connectivity index (χ1n) is 5.60. The molecule has 0 saturated carbocycles. The van der Waals surface area contributed by atoms with E-state index in [4.69, 9.17) is 9.26 Å². The summed E-state index contributed by atoms with van der Waals surface area (Å²) >= 11 is 1.65. The van der Waals surface area contributed by atoms with Gasteiger partial charge in [0.25, 0.3) is 5.89 Å². The van der Waals surface area contributed by atoms with Crippen molar-refractivity contribution in [2.45, 2.75) is 26.1 Å². The Bertz CT molecular complexity index is 471. The molecule has 1 atom stereocenters. The Morgan fingerprint density at radius 3 is 3.06 bits per heavy atom. The van der Waals surface area contributed by atoms with Crippen LogP contribution >= 0.6 is 11.3 Å². The number of aromatic nitrogens is 3. The lowest BCUT2D eigenvalue weighted by molar-refractivity contribution is 0.151. The first-order valence-corrected chi connectivity index (χ1v) is 6.48. The summed E-state index contributed by atoms with van der Waals surface area (Å²) in [4.78, 5) is 10.7. The van der Waals surface area contributed by atoms with Gasteiger partial charge in [0.1, 0.15) is 11.6 Å². The van der Waals surface area contributed by atoms with Gasteiger partial charge in [0, 0.05) is 18.7 Å². The molecule has 18 heavy (non-hydrogen) atoms. The van der Waals surface area contributed by atoms with Crippen molar-refractivity contribution in [2.24, 2.45) is 0 Å². The van der Waals surface area contributed by atoms with E-state index in [2.05, 4.69) is 26.9 Å². The van der Waals surface area contributed by atoms with Crippen molar-refractivity contribution in [3.8, 4) is 0 Å². The van der Waals surface area contributed by atoms with Gasteiger partial charge in [-0.15, -0.1) is 11.3 Å². The second-order valence-electron chi connectivity index (χ2n) is 4.00. The fourth-order valence-electron chi connectivity index (χ4n) is 1.53. The molecular weight excluding hydrogens is 252 g/mol. The second kappa shape index (κ2) is 6.03. The molecule has 0 N–H and O–H groups in total. The van der Waals surface area contributed by atoms with Gasteiger partial charge in [-0.05, 0) is 14.0 Å². The van der Waals surface area contributed by atoms with Crippen molar-refractivity contribution >= 4 is 11.3 Å². The standard InChI is InChI=1S/C11H16N4O2S/c1-8(11-12-4-5-18-11)15(2)6-9-13-10(7-16-3)17-14-9/h4-5,8H,6-7H2,1-3H3/t8-/m1/s1. The Morgan fingerprint density at radius 1 is 1.56 bits per heavy atom. The summed E-state index contributed by atoms with van der Waals surface area (Å²) in [6, 6.07) is 0.231. The molecule has 0 bridgehead atoms. The molecule has 2 aromatic rings. The van der Waals surface area contributed by atoms with E-state index in [0.717, 1.165) is 5.01 Å². The molecule has 0 saturated heterocycles. The summed E-state index contributed by atoms with van der Waals surface area (Å²) in [5, 5.41) is 6.97. The third-order valence-electron chi connectivity index (χ3n) is 2.64. The van der Waals surface area contributed by atoms with E-state index in [0.29, 0.717) is 24.9 Å². The topological polar surface area (TPSA) is 64.3 Å². The highest BCUT2D eigenvalue weighted by atomic mass is 32.1. The van der Waals surface area contributed by atoms with Crippen LogP contribution in [0.5, 0.6) is 0 Å². The maximum absolute atomic E-state index is 5.05. The number of hydrogen-bond acceptors (Lipinski definition) is 7. The van der Waals surface area contributed by atoms with Gasteiger partial charge in [-0.2, -0.15) is 4.98 Å². The second-order valence-corrected chi connectivity index (χ2v) is 4.92. The van der Waals surface area contributed by atoms with Crippen LogP contribution in [0.2, 0.25) is 0 Å². The van der Waals surface area contributed by atoms with Crippen molar-refractivity contribution in [3.05, 3.63) is 28.3 Å². The highest BCUT2D eigenvalue weighted by Gasteiger charge is 2.16. The molecule has 0 aliphatic carbocycles. The minimum atomic E-state index is 0.231. The number of rotatable bonds is 6. The first-order chi connectivity index (χ1) is 8.70. The van der Waals surface area contributed by atoms with Gasteiger partial charge < -0.3 is 9.26 Å². The molecule has 0 fully saturated rings. The minimum Gasteiger partial charge on any atom is -0.375 e. The van der Waals surface area contributed by atoms with Crippen LogP contribution in [0.4, 0.5) is 0 Å². The van der Waals surface area contributed by atoms with Gasteiger partial charge in [0.05, 0.1) is 12.6 Å². The summed E-state index contributed by atoms with van der Waals surface area (Å²) in [5.41, 5.74) is 0. The monoisotopic (exact) mass is 268 g/mol. The summed E-state index contributed by atoms with van der Waals surface area (Å²) in [7, 11) is 3.61. The summed E-state index contributed by atoms with van der Waals surface area (Å²) in [6.07, 6.45) is 1.81. The molecule has 0 radical (unpaired) electrons. The third-order valence-corrected chi connectivity index (χ3v) is 3.58. The Kier molecular flexibility index (Phi) is 4.40. The predicted molar refractivity (Wildman–Crippen MR) is 67.0 cm³/mol. The summed E-state index contributed by atoms with van der Waals surface area (Å²) < 4.78 is 9.98. The van der Waals surface area contributed by atoms with Crippen LogP contribution in [-0.4, -0.2) is 34.2 Å². The maximum Gasteiger partial charge on any atom is 0.252 e. The van der Waals surface area contributed by atoms with E-state index in [9.17, 15) is 0 Å². The van der Waals surface area contributed by atoms with Gasteiger partial charge >= 0.3 is 0 Å². The molecular formula is C11H16N4O2S. The van der Waals surface area contributed by atoms with E-state index in [1.54, 1.807) is 18.4 Å². The van der Waals surface area contributed by atoms with E-state index in [-0.39, 0.29) is 6.04 Å². The van der Waals surface area contributed by atoms with Crippen LogP contribution in [0, 0.1) is 0 Å².